The smallest absolute Gasteiger partial charge is 0.343 e. The summed E-state index contributed by atoms with van der Waals surface area (Å²) in [5.74, 6) is -3.65. The van der Waals surface area contributed by atoms with Crippen molar-refractivity contribution in [2.45, 2.75) is 12.8 Å². The first kappa shape index (κ1) is 29.0. The number of amides is 3. The number of hydrazine groups is 1. The van der Waals surface area contributed by atoms with Crippen LogP contribution in [0.4, 0.5) is 0 Å². The summed E-state index contributed by atoms with van der Waals surface area (Å²) in [5.41, 5.74) is 0.414. The molecule has 1 aliphatic carbocycles. The first-order valence-electron chi connectivity index (χ1n) is 13.0. The molecular weight excluding hydrogens is 583 g/mol. The van der Waals surface area contributed by atoms with Gasteiger partial charge in [0.2, 0.25) is 0 Å². The van der Waals surface area contributed by atoms with Crippen LogP contribution in [0.3, 0.4) is 0 Å². The number of Topliss-reactive ketones (excluding diaryl/α,β-unsaturated/α-hetero) is 1. The fourth-order valence-corrected chi connectivity index (χ4v) is 5.40. The van der Waals surface area contributed by atoms with Crippen LogP contribution < -0.4 is 9.47 Å². The molecule has 0 bridgehead atoms. The average molecular weight is 607 g/mol. The molecule has 0 aromatic heterocycles. The third-order valence-corrected chi connectivity index (χ3v) is 7.66. The molecule has 1 aliphatic heterocycles. The Labute approximate surface area is 251 Å². The SMILES string of the molecule is COc1cccc(C(=O)Oc2ccc(C(=O)CN(C(=O)c3ccc(Cl)cc3Cl)N3C(=O)[C@@H]4CC=CC[C@H]4C3=O)cc2)c1. The van der Waals surface area contributed by atoms with Crippen LogP contribution in [-0.4, -0.2) is 53.1 Å². The summed E-state index contributed by atoms with van der Waals surface area (Å²) in [4.78, 5) is 66.3. The molecule has 214 valence electrons. The van der Waals surface area contributed by atoms with Crippen LogP contribution >= 0.6 is 23.2 Å². The standard InChI is InChI=1S/C31H24Cl2N2O7/c1-41-22-6-4-5-19(15-22)31(40)42-21-12-9-18(10-13-21)27(36)17-34(28(37)25-14-11-20(32)16-26(25)33)35-29(38)23-7-2-3-8-24(23)30(35)39/h2-6,9-16,23-24H,7-8,17H2,1H3/t23-,24-/m1/s1. The Kier molecular flexibility index (Phi) is 8.42. The molecule has 2 aliphatic rings. The minimum absolute atomic E-state index is 0.00494. The number of allylic oxidation sites excluding steroid dienone is 2. The van der Waals surface area contributed by atoms with Gasteiger partial charge >= 0.3 is 5.97 Å². The fraction of sp³-hybridized carbons (Fsp3) is 0.194. The molecule has 0 saturated carbocycles. The first-order chi connectivity index (χ1) is 20.2. The van der Waals surface area contributed by atoms with E-state index in [-0.39, 0.29) is 32.5 Å². The molecule has 2 atom stereocenters. The molecule has 9 nitrogen and oxygen atoms in total. The lowest BCUT2D eigenvalue weighted by molar-refractivity contribution is -0.154. The monoisotopic (exact) mass is 606 g/mol. The Bertz CT molecular complexity index is 1590. The van der Waals surface area contributed by atoms with Gasteiger partial charge in [-0.2, -0.15) is 5.01 Å². The largest absolute Gasteiger partial charge is 0.497 e. The molecule has 0 radical (unpaired) electrons. The lowest BCUT2D eigenvalue weighted by atomic mass is 9.85. The van der Waals surface area contributed by atoms with Gasteiger partial charge in [-0.05, 0) is 73.5 Å². The zero-order valence-corrected chi connectivity index (χ0v) is 23.8. The fourth-order valence-electron chi connectivity index (χ4n) is 4.91. The zero-order valence-electron chi connectivity index (χ0n) is 22.3. The second-order valence-corrected chi connectivity index (χ2v) is 10.5. The minimum atomic E-state index is -0.804. The highest BCUT2D eigenvalue weighted by molar-refractivity contribution is 6.36. The van der Waals surface area contributed by atoms with Gasteiger partial charge < -0.3 is 9.47 Å². The molecule has 3 aromatic carbocycles. The van der Waals surface area contributed by atoms with Gasteiger partial charge in [0.1, 0.15) is 18.0 Å². The van der Waals surface area contributed by atoms with Crippen molar-refractivity contribution in [1.82, 2.24) is 10.0 Å². The van der Waals surface area contributed by atoms with Gasteiger partial charge in [-0.25, -0.2) is 9.80 Å². The quantitative estimate of drug-likeness (QED) is 0.111. The number of methoxy groups -OCH3 is 1. The van der Waals surface area contributed by atoms with Gasteiger partial charge in [-0.1, -0.05) is 41.4 Å². The van der Waals surface area contributed by atoms with Gasteiger partial charge in [0.15, 0.2) is 5.78 Å². The van der Waals surface area contributed by atoms with Crippen LogP contribution in [0.15, 0.2) is 78.9 Å². The summed E-state index contributed by atoms with van der Waals surface area (Å²) in [6.45, 7) is -0.620. The molecule has 0 unspecified atom stereocenters. The normalized spacial score (nSPS) is 17.5. The van der Waals surface area contributed by atoms with Crippen LogP contribution in [0, 0.1) is 11.8 Å². The topological polar surface area (TPSA) is 110 Å². The van der Waals surface area contributed by atoms with Crippen molar-refractivity contribution in [2.24, 2.45) is 11.8 Å². The number of carbonyl (C=O) groups is 5. The van der Waals surface area contributed by atoms with Crippen LogP contribution in [0.5, 0.6) is 11.5 Å². The predicted molar refractivity (Wildman–Crippen MR) is 153 cm³/mol. The molecule has 3 aromatic rings. The van der Waals surface area contributed by atoms with Crippen molar-refractivity contribution >= 4 is 52.7 Å². The average Bonchev–Trinajstić information content (AvgIpc) is 3.25. The van der Waals surface area contributed by atoms with Crippen LogP contribution in [-0.2, 0) is 9.59 Å². The van der Waals surface area contributed by atoms with Crippen LogP contribution in [0.1, 0.15) is 43.9 Å². The number of imide groups is 1. The number of nitrogens with zero attached hydrogens (tertiary/aromatic N) is 2. The van der Waals surface area contributed by atoms with Crippen molar-refractivity contribution in [2.75, 3.05) is 13.7 Å². The Morgan fingerprint density at radius 2 is 1.52 bits per heavy atom. The van der Waals surface area contributed by atoms with E-state index in [1.165, 1.54) is 55.6 Å². The second kappa shape index (κ2) is 12.2. The van der Waals surface area contributed by atoms with Crippen molar-refractivity contribution in [3.05, 3.63) is 106 Å². The Morgan fingerprint density at radius 3 is 2.14 bits per heavy atom. The number of ether oxygens (including phenoxy) is 2. The number of hydrogen-bond acceptors (Lipinski definition) is 7. The number of esters is 1. The number of halogens is 2. The summed E-state index contributed by atoms with van der Waals surface area (Å²) in [5, 5.41) is 1.91. The molecule has 1 saturated heterocycles. The van der Waals surface area contributed by atoms with Crippen LogP contribution in [0.25, 0.3) is 0 Å². The Morgan fingerprint density at radius 1 is 0.857 bits per heavy atom. The molecule has 5 rings (SSSR count). The van der Waals surface area contributed by atoms with Gasteiger partial charge in [-0.3, -0.25) is 19.2 Å². The molecule has 11 heteroatoms. The highest BCUT2D eigenvalue weighted by atomic mass is 35.5. The summed E-state index contributed by atoms with van der Waals surface area (Å²) in [6, 6.07) is 16.3. The number of fused-ring (bicyclic) bond motifs is 1. The lowest BCUT2D eigenvalue weighted by Gasteiger charge is -2.30. The highest BCUT2D eigenvalue weighted by Gasteiger charge is 2.51. The van der Waals surface area contributed by atoms with E-state index in [4.69, 9.17) is 32.7 Å². The maximum atomic E-state index is 13.7. The van der Waals surface area contributed by atoms with Gasteiger partial charge in [0.05, 0.1) is 35.1 Å². The lowest BCUT2D eigenvalue weighted by Crippen LogP contribution is -2.52. The number of rotatable bonds is 8. The first-order valence-corrected chi connectivity index (χ1v) is 13.7. The van der Waals surface area contributed by atoms with E-state index in [1.54, 1.807) is 18.2 Å². The van der Waals surface area contributed by atoms with Gasteiger partial charge in [0.25, 0.3) is 17.7 Å². The Hall–Kier alpha value is -4.47. The summed E-state index contributed by atoms with van der Waals surface area (Å²) < 4.78 is 10.5. The van der Waals surface area contributed by atoms with Crippen molar-refractivity contribution in [3.8, 4) is 11.5 Å². The summed E-state index contributed by atoms with van der Waals surface area (Å²) >= 11 is 12.3. The van der Waals surface area contributed by atoms with Crippen molar-refractivity contribution < 1.29 is 33.4 Å². The maximum absolute atomic E-state index is 13.7. The van der Waals surface area contributed by atoms with E-state index in [0.29, 0.717) is 18.6 Å². The van der Waals surface area contributed by atoms with Gasteiger partial charge in [-0.15, -0.1) is 0 Å². The van der Waals surface area contributed by atoms with E-state index in [2.05, 4.69) is 0 Å². The van der Waals surface area contributed by atoms with Crippen LogP contribution in [0.2, 0.25) is 10.0 Å². The van der Waals surface area contributed by atoms with Gasteiger partial charge in [0, 0.05) is 10.6 Å². The number of hydrogen-bond donors (Lipinski definition) is 0. The zero-order chi connectivity index (χ0) is 30.0. The molecular formula is C31H24Cl2N2O7. The third kappa shape index (κ3) is 5.79. The van der Waals surface area contributed by atoms with E-state index < -0.39 is 47.9 Å². The number of ketones is 1. The predicted octanol–water partition coefficient (Wildman–Crippen LogP) is 5.41. The van der Waals surface area contributed by atoms with E-state index >= 15 is 0 Å². The summed E-state index contributed by atoms with van der Waals surface area (Å²) in [6.07, 6.45) is 4.37. The number of carbonyl (C=O) groups excluding carboxylic acids is 5. The molecule has 42 heavy (non-hydrogen) atoms. The van der Waals surface area contributed by atoms with E-state index in [0.717, 1.165) is 10.0 Å². The van der Waals surface area contributed by atoms with Crippen molar-refractivity contribution in [3.63, 3.8) is 0 Å². The minimum Gasteiger partial charge on any atom is -0.497 e. The Balaban J connectivity index is 1.38. The maximum Gasteiger partial charge on any atom is 0.343 e. The molecule has 0 spiro atoms. The number of benzene rings is 3. The molecule has 1 fully saturated rings. The molecule has 1 heterocycles. The van der Waals surface area contributed by atoms with E-state index in [9.17, 15) is 24.0 Å². The molecule has 3 amide bonds. The summed E-state index contributed by atoms with van der Waals surface area (Å²) in [7, 11) is 1.48. The van der Waals surface area contributed by atoms with E-state index in [1.807, 2.05) is 12.2 Å². The molecule has 0 N–H and O–H groups in total. The highest BCUT2D eigenvalue weighted by Crippen LogP contribution is 2.37. The van der Waals surface area contributed by atoms with Crippen molar-refractivity contribution in [1.29, 1.82) is 0 Å². The third-order valence-electron chi connectivity index (χ3n) is 7.11. The second-order valence-electron chi connectivity index (χ2n) is 9.70.